The van der Waals surface area contributed by atoms with Gasteiger partial charge in [0.05, 0.1) is 10.6 Å². The summed E-state index contributed by atoms with van der Waals surface area (Å²) >= 11 is 5.45. The Hall–Kier alpha value is -2.79. The first-order valence-electron chi connectivity index (χ1n) is 9.81. The molecule has 0 spiro atoms. The molecule has 0 aliphatic heterocycles. The van der Waals surface area contributed by atoms with Crippen molar-refractivity contribution in [2.24, 2.45) is 0 Å². The van der Waals surface area contributed by atoms with Crippen LogP contribution in [0.25, 0.3) is 52.4 Å². The Bertz CT molecular complexity index is 1500. The molecule has 4 heteroatoms. The van der Waals surface area contributed by atoms with E-state index in [-0.39, 0.29) is 0 Å². The normalized spacial score (nSPS) is 11.5. The molecular weight excluding hydrogens is 422 g/mol. The molecule has 3 heterocycles. The maximum atomic E-state index is 5.06. The Labute approximate surface area is 186 Å². The van der Waals surface area contributed by atoms with Gasteiger partial charge in [0.1, 0.15) is 5.01 Å². The van der Waals surface area contributed by atoms with E-state index in [1.54, 1.807) is 11.3 Å². The highest BCUT2D eigenvalue weighted by Crippen LogP contribution is 2.50. The van der Waals surface area contributed by atoms with Gasteiger partial charge in [-0.25, -0.2) is 4.98 Å². The molecule has 30 heavy (non-hydrogen) atoms. The third kappa shape index (κ3) is 2.83. The van der Waals surface area contributed by atoms with Crippen molar-refractivity contribution in [2.75, 3.05) is 0 Å². The first kappa shape index (κ1) is 18.0. The van der Waals surface area contributed by atoms with Gasteiger partial charge in [-0.3, -0.25) is 0 Å². The molecule has 1 nitrogen and oxygen atoms in total. The number of aromatic nitrogens is 1. The van der Waals surface area contributed by atoms with Crippen LogP contribution in [-0.4, -0.2) is 4.98 Å². The van der Waals surface area contributed by atoms with Crippen molar-refractivity contribution in [2.45, 2.75) is 6.92 Å². The summed E-state index contributed by atoms with van der Waals surface area (Å²) in [6.07, 6.45) is 0. The van der Waals surface area contributed by atoms with Crippen LogP contribution in [0.2, 0.25) is 0 Å². The van der Waals surface area contributed by atoms with Crippen LogP contribution in [0.4, 0.5) is 0 Å². The van der Waals surface area contributed by atoms with Crippen LogP contribution in [-0.2, 0) is 0 Å². The highest BCUT2D eigenvalue weighted by atomic mass is 32.1. The van der Waals surface area contributed by atoms with Crippen LogP contribution in [0.1, 0.15) is 4.88 Å². The number of hydrogen-bond donors (Lipinski definition) is 0. The van der Waals surface area contributed by atoms with E-state index in [1.807, 2.05) is 28.7 Å². The molecule has 3 aromatic carbocycles. The second-order valence-electron chi connectivity index (χ2n) is 7.24. The molecule has 3 aromatic heterocycles. The van der Waals surface area contributed by atoms with Gasteiger partial charge in [0.2, 0.25) is 0 Å². The number of nitrogens with zero attached hydrogens (tertiary/aromatic N) is 1. The summed E-state index contributed by atoms with van der Waals surface area (Å²) in [7, 11) is 0. The van der Waals surface area contributed by atoms with E-state index in [0.29, 0.717) is 0 Å². The van der Waals surface area contributed by atoms with Gasteiger partial charge in [-0.05, 0) is 19.1 Å². The van der Waals surface area contributed by atoms with Crippen LogP contribution in [0.15, 0.2) is 84.2 Å². The molecule has 0 unspecified atom stereocenters. The second-order valence-corrected chi connectivity index (χ2v) is 10.4. The van der Waals surface area contributed by atoms with Crippen LogP contribution in [0, 0.1) is 6.92 Å². The molecular formula is C26H17NS3. The third-order valence-electron chi connectivity index (χ3n) is 5.37. The summed E-state index contributed by atoms with van der Waals surface area (Å²) in [4.78, 5) is 7.68. The molecule has 0 aliphatic rings. The van der Waals surface area contributed by atoms with Crippen molar-refractivity contribution >= 4 is 54.2 Å². The fourth-order valence-electron chi connectivity index (χ4n) is 4.04. The summed E-state index contributed by atoms with van der Waals surface area (Å²) in [5.74, 6) is 0. The summed E-state index contributed by atoms with van der Waals surface area (Å²) in [6, 6.07) is 27.9. The van der Waals surface area contributed by atoms with Gasteiger partial charge in [-0.15, -0.1) is 34.0 Å². The smallest absolute Gasteiger partial charge is 0.124 e. The fourth-order valence-corrected chi connectivity index (χ4v) is 7.18. The molecule has 0 saturated heterocycles. The number of benzene rings is 3. The standard InChI is InChI=1S/C26H17NS3/c1-16-23(18-11-5-7-13-21(18)29-16)24-19-12-6-8-14-22(19)30-25(24)20-15-28-26(27-20)17-9-3-2-4-10-17/h2-15H,1H3. The molecule has 6 aromatic rings. The highest BCUT2D eigenvalue weighted by Gasteiger charge is 2.22. The largest absolute Gasteiger partial charge is 0.235 e. The molecule has 0 aliphatic carbocycles. The van der Waals surface area contributed by atoms with Crippen molar-refractivity contribution in [3.63, 3.8) is 0 Å². The van der Waals surface area contributed by atoms with Crippen LogP contribution in [0.3, 0.4) is 0 Å². The predicted octanol–water partition coefficient (Wildman–Crippen LogP) is 8.88. The Morgan fingerprint density at radius 1 is 0.667 bits per heavy atom. The van der Waals surface area contributed by atoms with Crippen molar-refractivity contribution in [3.8, 4) is 32.3 Å². The van der Waals surface area contributed by atoms with Gasteiger partial charge in [-0.1, -0.05) is 66.7 Å². The van der Waals surface area contributed by atoms with E-state index < -0.39 is 0 Å². The monoisotopic (exact) mass is 439 g/mol. The number of aryl methyl sites for hydroxylation is 1. The molecule has 0 amide bonds. The molecule has 0 atom stereocenters. The van der Waals surface area contributed by atoms with E-state index in [0.717, 1.165) is 10.7 Å². The van der Waals surface area contributed by atoms with Gasteiger partial charge in [0, 0.05) is 47.1 Å². The number of fused-ring (bicyclic) bond motifs is 2. The maximum Gasteiger partial charge on any atom is 0.124 e. The van der Waals surface area contributed by atoms with Crippen LogP contribution >= 0.6 is 34.0 Å². The lowest BCUT2D eigenvalue weighted by molar-refractivity contribution is 1.42. The first-order chi connectivity index (χ1) is 14.8. The minimum Gasteiger partial charge on any atom is -0.235 e. The molecule has 6 rings (SSSR count). The van der Waals surface area contributed by atoms with Gasteiger partial charge in [0.25, 0.3) is 0 Å². The number of thiazole rings is 1. The molecule has 0 N–H and O–H groups in total. The van der Waals surface area contributed by atoms with Gasteiger partial charge in [-0.2, -0.15) is 0 Å². The topological polar surface area (TPSA) is 12.9 Å². The zero-order chi connectivity index (χ0) is 20.1. The summed E-state index contributed by atoms with van der Waals surface area (Å²) in [5.41, 5.74) is 4.94. The Balaban J connectivity index is 1.63. The van der Waals surface area contributed by atoms with E-state index in [4.69, 9.17) is 4.98 Å². The number of hydrogen-bond acceptors (Lipinski definition) is 4. The number of rotatable bonds is 3. The zero-order valence-corrected chi connectivity index (χ0v) is 18.7. The minimum atomic E-state index is 1.07. The first-order valence-corrected chi connectivity index (χ1v) is 12.3. The lowest BCUT2D eigenvalue weighted by Gasteiger charge is -2.05. The van der Waals surface area contributed by atoms with E-state index in [9.17, 15) is 0 Å². The molecule has 0 radical (unpaired) electrons. The molecule has 0 saturated carbocycles. The summed E-state index contributed by atoms with van der Waals surface area (Å²) < 4.78 is 2.65. The second kappa shape index (κ2) is 7.17. The minimum absolute atomic E-state index is 1.07. The quantitative estimate of drug-likeness (QED) is 0.268. The Morgan fingerprint density at radius 3 is 2.07 bits per heavy atom. The van der Waals surface area contributed by atoms with Crippen molar-refractivity contribution in [1.29, 1.82) is 0 Å². The molecule has 0 bridgehead atoms. The number of thiophene rings is 2. The molecule has 144 valence electrons. The third-order valence-corrected chi connectivity index (χ3v) is 8.55. The van der Waals surface area contributed by atoms with E-state index in [2.05, 4.69) is 85.1 Å². The van der Waals surface area contributed by atoms with Gasteiger partial charge in [0.15, 0.2) is 0 Å². The van der Waals surface area contributed by atoms with Crippen LogP contribution < -0.4 is 0 Å². The fraction of sp³-hybridized carbons (Fsp3) is 0.0385. The van der Waals surface area contributed by atoms with E-state index >= 15 is 0 Å². The average Bonchev–Trinajstić information content (AvgIpc) is 3.48. The van der Waals surface area contributed by atoms with Gasteiger partial charge < -0.3 is 0 Å². The zero-order valence-electron chi connectivity index (χ0n) is 16.3. The van der Waals surface area contributed by atoms with Crippen molar-refractivity contribution in [1.82, 2.24) is 4.98 Å². The van der Waals surface area contributed by atoms with E-state index in [1.165, 1.54) is 46.6 Å². The highest BCUT2D eigenvalue weighted by molar-refractivity contribution is 7.23. The Kier molecular flexibility index (Phi) is 4.30. The summed E-state index contributed by atoms with van der Waals surface area (Å²) in [6.45, 7) is 2.24. The molecule has 0 fully saturated rings. The maximum absolute atomic E-state index is 5.06. The average molecular weight is 440 g/mol. The predicted molar refractivity (Wildman–Crippen MR) is 134 cm³/mol. The Morgan fingerprint density at radius 2 is 1.30 bits per heavy atom. The lowest BCUT2D eigenvalue weighted by atomic mass is 9.98. The summed E-state index contributed by atoms with van der Waals surface area (Å²) in [5, 5.41) is 5.93. The van der Waals surface area contributed by atoms with Gasteiger partial charge >= 0.3 is 0 Å². The lowest BCUT2D eigenvalue weighted by Crippen LogP contribution is -1.83. The van der Waals surface area contributed by atoms with Crippen LogP contribution in [0.5, 0.6) is 0 Å². The van der Waals surface area contributed by atoms with Crippen molar-refractivity contribution in [3.05, 3.63) is 89.1 Å². The SMILES string of the molecule is Cc1sc2ccccc2c1-c1c(-c2csc(-c3ccccc3)n2)sc2ccccc12. The van der Waals surface area contributed by atoms with Crippen molar-refractivity contribution < 1.29 is 0 Å².